The molecule has 0 bridgehead atoms. The molecule has 0 unspecified atom stereocenters. The number of nitrogens with one attached hydrogen (secondary N) is 1. The molecule has 1 heterocycles. The van der Waals surface area contributed by atoms with Crippen LogP contribution in [0.3, 0.4) is 0 Å². The number of carbonyl (C=O) groups excluding carboxylic acids is 2. The topological polar surface area (TPSA) is 77.1 Å². The van der Waals surface area contributed by atoms with Gasteiger partial charge in [0, 0.05) is 23.8 Å². The summed E-state index contributed by atoms with van der Waals surface area (Å²) in [6, 6.07) is 4.31. The summed E-state index contributed by atoms with van der Waals surface area (Å²) in [5.74, 6) is -1.28. The number of halogens is 7. The number of benzene rings is 2. The summed E-state index contributed by atoms with van der Waals surface area (Å²) in [4.78, 5) is 26.1. The summed E-state index contributed by atoms with van der Waals surface area (Å²) in [6.45, 7) is 0.667. The molecule has 0 saturated carbocycles. The Bertz CT molecular complexity index is 1050. The Hall–Kier alpha value is -3.19. The lowest BCUT2D eigenvalue weighted by Crippen LogP contribution is -2.41. The molecule has 1 aliphatic rings. The number of alkyl halides is 6. The van der Waals surface area contributed by atoms with Gasteiger partial charge in [0.15, 0.2) is 0 Å². The van der Waals surface area contributed by atoms with Crippen LogP contribution in [0.2, 0.25) is 5.02 Å². The number of anilines is 1. The third kappa shape index (κ3) is 7.15. The van der Waals surface area contributed by atoms with Crippen LogP contribution in [-0.2, 0) is 21.8 Å². The molecule has 0 aliphatic carbocycles. The fourth-order valence-corrected chi connectivity index (χ4v) is 3.18. The van der Waals surface area contributed by atoms with Gasteiger partial charge in [-0.1, -0.05) is 11.6 Å². The van der Waals surface area contributed by atoms with Crippen LogP contribution in [0.15, 0.2) is 36.4 Å². The van der Waals surface area contributed by atoms with E-state index in [1.807, 2.05) is 5.32 Å². The van der Waals surface area contributed by atoms with E-state index >= 15 is 0 Å². The van der Waals surface area contributed by atoms with E-state index < -0.39 is 48.0 Å². The molecular weight excluding hydrogens is 510 g/mol. The first kappa shape index (κ1) is 26.4. The van der Waals surface area contributed by atoms with Gasteiger partial charge in [0.2, 0.25) is 6.79 Å². The van der Waals surface area contributed by atoms with Crippen molar-refractivity contribution in [2.75, 3.05) is 38.4 Å². The van der Waals surface area contributed by atoms with Gasteiger partial charge in [-0.15, -0.1) is 0 Å². The predicted molar refractivity (Wildman–Crippen MR) is 110 cm³/mol. The van der Waals surface area contributed by atoms with Crippen molar-refractivity contribution >= 4 is 29.3 Å². The molecule has 190 valence electrons. The summed E-state index contributed by atoms with van der Waals surface area (Å²) < 4.78 is 93.9. The Labute approximate surface area is 199 Å². The smallest absolute Gasteiger partial charge is 0.416 e. The van der Waals surface area contributed by atoms with Gasteiger partial charge in [0.05, 0.1) is 29.9 Å². The quantitative estimate of drug-likeness (QED) is 0.415. The summed E-state index contributed by atoms with van der Waals surface area (Å²) in [5, 5.41) is 2.03. The second kappa shape index (κ2) is 10.6. The molecule has 0 radical (unpaired) electrons. The van der Waals surface area contributed by atoms with E-state index in [2.05, 4.69) is 0 Å². The summed E-state index contributed by atoms with van der Waals surface area (Å²) in [7, 11) is 0. The normalized spacial score (nSPS) is 14.4. The largest absolute Gasteiger partial charge is 0.456 e. The molecular formula is C21H17ClF6N2O5. The minimum absolute atomic E-state index is 0.0350. The lowest BCUT2D eigenvalue weighted by molar-refractivity contribution is -0.143. The molecule has 14 heteroatoms. The highest BCUT2D eigenvalue weighted by Gasteiger charge is 2.37. The zero-order valence-corrected chi connectivity index (χ0v) is 18.4. The van der Waals surface area contributed by atoms with E-state index in [-0.39, 0.29) is 22.4 Å². The lowest BCUT2D eigenvalue weighted by Gasteiger charge is -2.25. The van der Waals surface area contributed by atoms with Gasteiger partial charge in [-0.3, -0.25) is 4.79 Å². The van der Waals surface area contributed by atoms with E-state index in [1.54, 1.807) is 0 Å². The van der Waals surface area contributed by atoms with Gasteiger partial charge < -0.3 is 24.4 Å². The van der Waals surface area contributed by atoms with Crippen molar-refractivity contribution in [3.63, 3.8) is 0 Å². The second-order valence-corrected chi connectivity index (χ2v) is 7.60. The highest BCUT2D eigenvalue weighted by Crippen LogP contribution is 2.37. The fourth-order valence-electron chi connectivity index (χ4n) is 3.01. The van der Waals surface area contributed by atoms with Crippen molar-refractivity contribution < 1.29 is 50.1 Å². The van der Waals surface area contributed by atoms with Gasteiger partial charge in [-0.05, 0) is 36.4 Å². The number of morpholine rings is 1. The molecule has 0 spiro atoms. The van der Waals surface area contributed by atoms with E-state index in [0.29, 0.717) is 38.4 Å². The monoisotopic (exact) mass is 526 g/mol. The lowest BCUT2D eigenvalue weighted by atomic mass is 10.1. The van der Waals surface area contributed by atoms with Crippen molar-refractivity contribution in [2.45, 2.75) is 12.4 Å². The zero-order chi connectivity index (χ0) is 25.8. The predicted octanol–water partition coefficient (Wildman–Crippen LogP) is 5.44. The number of rotatable bonds is 5. The molecule has 1 saturated heterocycles. The molecule has 35 heavy (non-hydrogen) atoms. The molecule has 2 aromatic carbocycles. The van der Waals surface area contributed by atoms with Gasteiger partial charge in [-0.25, -0.2) is 4.79 Å². The van der Waals surface area contributed by atoms with Crippen molar-refractivity contribution in [3.05, 3.63) is 58.1 Å². The second-order valence-electron chi connectivity index (χ2n) is 7.16. The third-order valence-electron chi connectivity index (χ3n) is 4.70. The van der Waals surface area contributed by atoms with Crippen LogP contribution >= 0.6 is 11.6 Å². The number of hydrogen-bond donors (Lipinski definition) is 1. The summed E-state index contributed by atoms with van der Waals surface area (Å²) in [5.41, 5.74) is -4.26. The number of amides is 2. The van der Waals surface area contributed by atoms with Crippen molar-refractivity contribution in [2.24, 2.45) is 0 Å². The van der Waals surface area contributed by atoms with Crippen molar-refractivity contribution in [1.82, 2.24) is 4.90 Å². The average Bonchev–Trinajstić information content (AvgIpc) is 2.79. The Morgan fingerprint density at radius 2 is 1.57 bits per heavy atom. The molecule has 3 rings (SSSR count). The summed E-state index contributed by atoms with van der Waals surface area (Å²) >= 11 is 5.88. The molecule has 2 aromatic rings. The molecule has 0 aromatic heterocycles. The molecule has 7 nitrogen and oxygen atoms in total. The maximum absolute atomic E-state index is 13.1. The minimum Gasteiger partial charge on any atom is -0.456 e. The van der Waals surface area contributed by atoms with Crippen LogP contribution in [0.4, 0.5) is 36.8 Å². The maximum atomic E-state index is 13.1. The van der Waals surface area contributed by atoms with Crippen LogP contribution in [0, 0.1) is 0 Å². The molecule has 1 fully saturated rings. The maximum Gasteiger partial charge on any atom is 0.416 e. The molecule has 0 atom stereocenters. The van der Waals surface area contributed by atoms with Crippen LogP contribution in [0.1, 0.15) is 21.5 Å². The highest BCUT2D eigenvalue weighted by molar-refractivity contribution is 6.31. The summed E-state index contributed by atoms with van der Waals surface area (Å²) in [6.07, 6.45) is -10.9. The van der Waals surface area contributed by atoms with Crippen LogP contribution in [-0.4, -0.2) is 50.0 Å². The standard InChI is InChI=1S/C21H17ClF6N2O5/c22-14-1-2-17(34-11-35-19(32)30-3-5-33-6-4-30)16(10-14)18(31)29-15-8-12(20(23,24)25)7-13(9-15)21(26,27)28/h1-2,7-10H,3-6,11H2,(H,29,31). The van der Waals surface area contributed by atoms with E-state index in [0.717, 1.165) is 6.07 Å². The zero-order valence-electron chi connectivity index (χ0n) is 17.6. The Morgan fingerprint density at radius 1 is 0.971 bits per heavy atom. The number of ether oxygens (including phenoxy) is 3. The van der Waals surface area contributed by atoms with Gasteiger partial charge in [0.25, 0.3) is 5.91 Å². The Morgan fingerprint density at radius 3 is 2.14 bits per heavy atom. The first-order valence-corrected chi connectivity index (χ1v) is 10.2. The van der Waals surface area contributed by atoms with Gasteiger partial charge >= 0.3 is 18.4 Å². The van der Waals surface area contributed by atoms with Crippen molar-refractivity contribution in [1.29, 1.82) is 0 Å². The Balaban J connectivity index is 1.77. The van der Waals surface area contributed by atoms with Crippen LogP contribution < -0.4 is 10.1 Å². The van der Waals surface area contributed by atoms with Crippen LogP contribution in [0.25, 0.3) is 0 Å². The van der Waals surface area contributed by atoms with Crippen molar-refractivity contribution in [3.8, 4) is 5.75 Å². The first-order chi connectivity index (χ1) is 16.3. The fraction of sp³-hybridized carbons (Fsp3) is 0.333. The molecule has 2 amide bonds. The third-order valence-corrected chi connectivity index (χ3v) is 4.93. The SMILES string of the molecule is O=C(Nc1cc(C(F)(F)F)cc(C(F)(F)F)c1)c1cc(Cl)ccc1OCOC(=O)N1CCOCC1. The highest BCUT2D eigenvalue weighted by atomic mass is 35.5. The van der Waals surface area contributed by atoms with E-state index in [4.69, 9.17) is 25.8 Å². The minimum atomic E-state index is -5.09. The van der Waals surface area contributed by atoms with Crippen LogP contribution in [0.5, 0.6) is 5.75 Å². The van der Waals surface area contributed by atoms with E-state index in [9.17, 15) is 35.9 Å². The number of hydrogen-bond acceptors (Lipinski definition) is 5. The van der Waals surface area contributed by atoms with Gasteiger partial charge in [0.1, 0.15) is 5.75 Å². The number of carbonyl (C=O) groups is 2. The average molecular weight is 527 g/mol. The molecule has 1 N–H and O–H groups in total. The Kier molecular flexibility index (Phi) is 8.00. The molecule has 1 aliphatic heterocycles. The number of nitrogens with zero attached hydrogens (tertiary/aromatic N) is 1. The first-order valence-electron chi connectivity index (χ1n) is 9.87. The van der Waals surface area contributed by atoms with E-state index in [1.165, 1.54) is 17.0 Å². The van der Waals surface area contributed by atoms with Gasteiger partial charge in [-0.2, -0.15) is 26.3 Å².